The second kappa shape index (κ2) is 18.1. The summed E-state index contributed by atoms with van der Waals surface area (Å²) >= 11 is 0. The number of fused-ring (bicyclic) bond motifs is 2. The number of rotatable bonds is 11. The Morgan fingerprint density at radius 3 is 2.44 bits per heavy atom. The quantitative estimate of drug-likeness (QED) is 0.102. The van der Waals surface area contributed by atoms with Crippen molar-refractivity contribution in [1.29, 1.82) is 5.26 Å². The minimum absolute atomic E-state index is 0.0114. The number of nitriles is 1. The van der Waals surface area contributed by atoms with Gasteiger partial charge in [0, 0.05) is 80.2 Å². The summed E-state index contributed by atoms with van der Waals surface area (Å²) in [5.41, 5.74) is 3.80. The topological polar surface area (TPSA) is 192 Å². The van der Waals surface area contributed by atoms with Crippen LogP contribution in [0.25, 0.3) is 22.2 Å². The van der Waals surface area contributed by atoms with Crippen molar-refractivity contribution in [3.63, 3.8) is 0 Å². The minimum Gasteiger partial charge on any atom is -0.370 e. The molecule has 5 aromatic rings. The van der Waals surface area contributed by atoms with Gasteiger partial charge in [0.1, 0.15) is 29.7 Å². The van der Waals surface area contributed by atoms with Crippen LogP contribution in [0.15, 0.2) is 67.0 Å². The van der Waals surface area contributed by atoms with Crippen LogP contribution in [-0.4, -0.2) is 114 Å². The molecule has 19 heteroatoms. The lowest BCUT2D eigenvalue weighted by Crippen LogP contribution is -2.52. The van der Waals surface area contributed by atoms with E-state index in [0.717, 1.165) is 86.1 Å². The number of likely N-dealkylation sites (tertiary alicyclic amines) is 1. The van der Waals surface area contributed by atoms with Crippen LogP contribution in [0.4, 0.5) is 24.5 Å². The van der Waals surface area contributed by atoms with Gasteiger partial charge in [-0.3, -0.25) is 29.2 Å². The van der Waals surface area contributed by atoms with Crippen molar-refractivity contribution in [2.24, 2.45) is 5.92 Å². The average molecular weight is 948 g/mol. The zero-order valence-corrected chi connectivity index (χ0v) is 37.8. The first kappa shape index (κ1) is 45.2. The SMILES string of the molecule is N#Cc1cc(-c2cnc3[nH]cc(C(=O)c4c(F)ccc(NS(=O)(=O)N5CC[C@@H](F)C5)c4F)c3c2)ccc1N1CCC(CN2CCC(c3ccc4c(c3)CN(C3CCC(=O)NC3=O)C4=O)CC2)CC1. The predicted molar refractivity (Wildman–Crippen MR) is 246 cm³/mol. The van der Waals surface area contributed by atoms with Crippen molar-refractivity contribution < 1.29 is 40.8 Å². The van der Waals surface area contributed by atoms with Crippen molar-refractivity contribution in [2.45, 2.75) is 69.6 Å². The molecular formula is C49H48F3N9O6S. The van der Waals surface area contributed by atoms with Gasteiger partial charge in [-0.2, -0.15) is 18.0 Å². The number of hydrogen-bond acceptors (Lipinski definition) is 10. The summed E-state index contributed by atoms with van der Waals surface area (Å²) < 4.78 is 73.3. The number of aromatic nitrogens is 2. The molecule has 3 aromatic carbocycles. The zero-order valence-electron chi connectivity index (χ0n) is 36.9. The molecule has 68 heavy (non-hydrogen) atoms. The molecule has 4 fully saturated rings. The summed E-state index contributed by atoms with van der Waals surface area (Å²) in [6, 6.07) is 16.6. The number of carbonyl (C=O) groups is 4. The lowest BCUT2D eigenvalue weighted by Gasteiger charge is -2.38. The van der Waals surface area contributed by atoms with Gasteiger partial charge in [-0.15, -0.1) is 0 Å². The molecular weight excluding hydrogens is 900 g/mol. The van der Waals surface area contributed by atoms with Gasteiger partial charge in [0.2, 0.25) is 17.6 Å². The Kier molecular flexibility index (Phi) is 12.0. The third-order valence-corrected chi connectivity index (χ3v) is 15.8. The van der Waals surface area contributed by atoms with Crippen molar-refractivity contribution in [1.82, 2.24) is 29.4 Å². The first-order valence-electron chi connectivity index (χ1n) is 23.0. The van der Waals surface area contributed by atoms with E-state index in [2.05, 4.69) is 37.2 Å². The predicted octanol–water partition coefficient (Wildman–Crippen LogP) is 6.17. The number of H-pyrrole nitrogens is 1. The molecule has 3 amide bonds. The van der Waals surface area contributed by atoms with Gasteiger partial charge in [-0.1, -0.05) is 18.2 Å². The van der Waals surface area contributed by atoms with E-state index in [1.54, 1.807) is 23.2 Å². The summed E-state index contributed by atoms with van der Waals surface area (Å²) in [6.07, 6.45) is 5.98. The molecule has 15 nitrogen and oxygen atoms in total. The highest BCUT2D eigenvalue weighted by Crippen LogP contribution is 2.37. The highest BCUT2D eigenvalue weighted by molar-refractivity contribution is 7.90. The van der Waals surface area contributed by atoms with E-state index in [1.807, 2.05) is 29.0 Å². The van der Waals surface area contributed by atoms with Crippen molar-refractivity contribution in [2.75, 3.05) is 55.4 Å². The summed E-state index contributed by atoms with van der Waals surface area (Å²) in [4.78, 5) is 64.8. The zero-order chi connectivity index (χ0) is 47.4. The molecule has 10 rings (SSSR count). The van der Waals surface area contributed by atoms with Crippen molar-refractivity contribution >= 4 is 56.1 Å². The fourth-order valence-electron chi connectivity index (χ4n) is 10.5. The van der Waals surface area contributed by atoms with Gasteiger partial charge in [0.25, 0.3) is 5.91 Å². The van der Waals surface area contributed by atoms with E-state index in [1.165, 1.54) is 11.8 Å². The molecule has 0 spiro atoms. The average Bonchev–Trinajstić information content (AvgIpc) is 4.07. The minimum atomic E-state index is -4.38. The highest BCUT2D eigenvalue weighted by atomic mass is 32.2. The molecule has 2 atom stereocenters. The van der Waals surface area contributed by atoms with Gasteiger partial charge in [0.05, 0.1) is 22.5 Å². The lowest BCUT2D eigenvalue weighted by atomic mass is 9.87. The Morgan fingerprint density at radius 2 is 1.71 bits per heavy atom. The molecule has 4 saturated heterocycles. The molecule has 352 valence electrons. The number of benzene rings is 3. The standard InChI is InChI=1S/C49H48F3N9O6S/c50-35-13-18-60(27-35)68(66,67)57-40-5-4-39(51)44(45(40)52)46(63)38-24-55-47-37(38)21-33(23-54-47)31-2-6-41(32(19-31)22-53)59-16-9-28(10-17-59)25-58-14-11-29(12-15-58)30-1-3-36-34(20-30)26-61(49(36)65)42-7-8-43(62)56-48(42)64/h1-6,19-21,23-24,28-29,35,42,57H,7-18,25-27H2,(H,54,55)(H,56,62,64)/t35-,42?/m1/s1. The number of alkyl halides is 1. The van der Waals surface area contributed by atoms with E-state index < -0.39 is 63.5 Å². The van der Waals surface area contributed by atoms with Gasteiger partial charge >= 0.3 is 10.2 Å². The number of pyridine rings is 1. The highest BCUT2D eigenvalue weighted by Gasteiger charge is 2.40. The molecule has 0 bridgehead atoms. The largest absolute Gasteiger partial charge is 0.370 e. The molecule has 0 aliphatic carbocycles. The van der Waals surface area contributed by atoms with Gasteiger partial charge in [0.15, 0.2) is 5.82 Å². The molecule has 3 N–H and O–H groups in total. The first-order chi connectivity index (χ1) is 32.7. The second-order valence-electron chi connectivity index (χ2n) is 18.5. The number of piperidine rings is 3. The number of anilines is 2. The Morgan fingerprint density at radius 1 is 0.912 bits per heavy atom. The smallest absolute Gasteiger partial charge is 0.301 e. The summed E-state index contributed by atoms with van der Waals surface area (Å²) in [5, 5.41) is 12.9. The monoisotopic (exact) mass is 947 g/mol. The summed E-state index contributed by atoms with van der Waals surface area (Å²) in [5.74, 6) is -3.66. The Balaban J connectivity index is 0.755. The van der Waals surface area contributed by atoms with Crippen LogP contribution in [0, 0.1) is 28.9 Å². The Labute approximate surface area is 390 Å². The van der Waals surface area contributed by atoms with E-state index >= 15 is 8.78 Å². The van der Waals surface area contributed by atoms with E-state index in [4.69, 9.17) is 0 Å². The van der Waals surface area contributed by atoms with Crippen molar-refractivity contribution in [3.05, 3.63) is 112 Å². The van der Waals surface area contributed by atoms with Crippen molar-refractivity contribution in [3.8, 4) is 17.2 Å². The number of nitrogens with zero attached hydrogens (tertiary/aromatic N) is 6. The summed E-state index contributed by atoms with van der Waals surface area (Å²) in [6.45, 7) is 4.35. The lowest BCUT2D eigenvalue weighted by molar-refractivity contribution is -0.136. The maximum Gasteiger partial charge on any atom is 0.301 e. The number of imide groups is 1. The number of halogens is 3. The molecule has 7 heterocycles. The molecule has 1 unspecified atom stereocenters. The van der Waals surface area contributed by atoms with E-state index in [0.29, 0.717) is 47.1 Å². The Hall–Kier alpha value is -6.62. The van der Waals surface area contributed by atoms with Crippen LogP contribution in [0.2, 0.25) is 0 Å². The number of nitrogens with one attached hydrogen (secondary N) is 3. The molecule has 5 aliphatic rings. The van der Waals surface area contributed by atoms with E-state index in [9.17, 15) is 37.2 Å². The molecule has 0 saturated carbocycles. The number of ketones is 1. The number of amides is 3. The number of aromatic amines is 1. The van der Waals surface area contributed by atoms with Crippen LogP contribution < -0.4 is 14.9 Å². The van der Waals surface area contributed by atoms with Crippen LogP contribution in [0.1, 0.15) is 93.8 Å². The third-order valence-electron chi connectivity index (χ3n) is 14.3. The molecule has 0 radical (unpaired) electrons. The van der Waals surface area contributed by atoms with Crippen LogP contribution in [0.5, 0.6) is 0 Å². The maximum atomic E-state index is 15.8. The third kappa shape index (κ3) is 8.60. The van der Waals surface area contributed by atoms with Gasteiger partial charge in [-0.25, -0.2) is 18.2 Å². The van der Waals surface area contributed by atoms with Crippen LogP contribution in [0.3, 0.4) is 0 Å². The first-order valence-corrected chi connectivity index (χ1v) is 24.4. The van der Waals surface area contributed by atoms with Crippen LogP contribution in [-0.2, 0) is 26.3 Å². The normalized spacial score (nSPS) is 21.1. The second-order valence-corrected chi connectivity index (χ2v) is 20.1. The van der Waals surface area contributed by atoms with E-state index in [-0.39, 0.29) is 47.8 Å². The maximum absolute atomic E-state index is 15.8. The van der Waals surface area contributed by atoms with Crippen LogP contribution >= 0.6 is 0 Å². The molecule has 2 aromatic heterocycles. The van der Waals surface area contributed by atoms with Gasteiger partial charge in [-0.05, 0) is 117 Å². The Bertz CT molecular complexity index is 3030. The van der Waals surface area contributed by atoms with Gasteiger partial charge < -0.3 is 19.7 Å². The fraction of sp³-hybridized carbons (Fsp3) is 0.388. The number of carbonyl (C=O) groups excluding carboxylic acids is 4. The summed E-state index contributed by atoms with van der Waals surface area (Å²) in [7, 11) is -4.38. The molecule has 5 aliphatic heterocycles. The fourth-order valence-corrected chi connectivity index (χ4v) is 11.8. The number of hydrogen-bond donors (Lipinski definition) is 3.